The first-order chi connectivity index (χ1) is 8.79. The van der Waals surface area contributed by atoms with Crippen molar-refractivity contribution in [3.8, 4) is 6.07 Å². The molecule has 0 aliphatic heterocycles. The molecule has 1 heterocycles. The van der Waals surface area contributed by atoms with E-state index in [1.165, 1.54) is 0 Å². The number of rotatable bonds is 4. The van der Waals surface area contributed by atoms with Crippen LogP contribution in [0.3, 0.4) is 0 Å². The van der Waals surface area contributed by atoms with Crippen LogP contribution in [0.15, 0.2) is 48.7 Å². The Bertz CT molecular complexity index is 548. The van der Waals surface area contributed by atoms with Gasteiger partial charge in [0.15, 0.2) is 0 Å². The Kier molecular flexibility index (Phi) is 3.90. The Morgan fingerprint density at radius 3 is 2.78 bits per heavy atom. The summed E-state index contributed by atoms with van der Waals surface area (Å²) in [6.07, 6.45) is 0.967. The lowest BCUT2D eigenvalue weighted by Crippen LogP contribution is -2.12. The third-order valence-corrected chi connectivity index (χ3v) is 2.55. The second-order valence-electron chi connectivity index (χ2n) is 3.85. The van der Waals surface area contributed by atoms with Crippen LogP contribution in [-0.4, -0.2) is 16.6 Å². The van der Waals surface area contributed by atoms with Crippen molar-refractivity contribution in [1.82, 2.24) is 4.98 Å². The summed E-state index contributed by atoms with van der Waals surface area (Å²) in [6, 6.07) is 14.7. The minimum Gasteiger partial charge on any atom is -0.387 e. The highest BCUT2D eigenvalue weighted by Crippen LogP contribution is 2.13. The van der Waals surface area contributed by atoms with Gasteiger partial charge in [-0.05, 0) is 17.7 Å². The highest BCUT2D eigenvalue weighted by molar-refractivity contribution is 5.42. The van der Waals surface area contributed by atoms with Crippen LogP contribution in [0, 0.1) is 11.3 Å². The molecule has 0 radical (unpaired) electrons. The van der Waals surface area contributed by atoms with Gasteiger partial charge in [-0.2, -0.15) is 5.26 Å². The average Bonchev–Trinajstić information content (AvgIpc) is 2.46. The fourth-order valence-electron chi connectivity index (χ4n) is 1.59. The SMILES string of the molecule is N#Cc1ccnc(NCC(O)c2ccccc2)c1. The number of nitriles is 1. The molecular weight excluding hydrogens is 226 g/mol. The van der Waals surface area contributed by atoms with Gasteiger partial charge in [0.1, 0.15) is 5.82 Å². The molecule has 2 N–H and O–H groups in total. The highest BCUT2D eigenvalue weighted by atomic mass is 16.3. The first-order valence-electron chi connectivity index (χ1n) is 5.62. The van der Waals surface area contributed by atoms with Crippen molar-refractivity contribution in [2.75, 3.05) is 11.9 Å². The van der Waals surface area contributed by atoms with E-state index in [1.54, 1.807) is 18.3 Å². The maximum atomic E-state index is 9.95. The minimum atomic E-state index is -0.598. The van der Waals surface area contributed by atoms with Crippen molar-refractivity contribution in [2.45, 2.75) is 6.10 Å². The zero-order valence-electron chi connectivity index (χ0n) is 9.74. The summed E-state index contributed by atoms with van der Waals surface area (Å²) >= 11 is 0. The van der Waals surface area contributed by atoms with E-state index < -0.39 is 6.10 Å². The Hall–Kier alpha value is -2.38. The molecule has 0 aliphatic rings. The fraction of sp³-hybridized carbons (Fsp3) is 0.143. The average molecular weight is 239 g/mol. The molecule has 4 heteroatoms. The predicted octanol–water partition coefficient (Wildman–Crippen LogP) is 2.10. The van der Waals surface area contributed by atoms with Gasteiger partial charge in [0.25, 0.3) is 0 Å². The first kappa shape index (κ1) is 12.1. The lowest BCUT2D eigenvalue weighted by atomic mass is 10.1. The monoisotopic (exact) mass is 239 g/mol. The summed E-state index contributed by atoms with van der Waals surface area (Å²) in [5.41, 5.74) is 1.39. The van der Waals surface area contributed by atoms with Crippen LogP contribution in [-0.2, 0) is 0 Å². The maximum absolute atomic E-state index is 9.95. The topological polar surface area (TPSA) is 68.9 Å². The van der Waals surface area contributed by atoms with E-state index in [0.29, 0.717) is 17.9 Å². The summed E-state index contributed by atoms with van der Waals surface area (Å²) in [5, 5.41) is 21.7. The minimum absolute atomic E-state index is 0.353. The molecule has 1 unspecified atom stereocenters. The number of hydrogen-bond acceptors (Lipinski definition) is 4. The van der Waals surface area contributed by atoms with Gasteiger partial charge in [-0.3, -0.25) is 0 Å². The van der Waals surface area contributed by atoms with Gasteiger partial charge in [0.05, 0.1) is 17.7 Å². The van der Waals surface area contributed by atoms with Crippen molar-refractivity contribution in [3.63, 3.8) is 0 Å². The quantitative estimate of drug-likeness (QED) is 0.857. The Labute approximate surface area is 106 Å². The first-order valence-corrected chi connectivity index (χ1v) is 5.62. The molecular formula is C14H13N3O. The van der Waals surface area contributed by atoms with Crippen LogP contribution in [0.1, 0.15) is 17.2 Å². The molecule has 0 spiro atoms. The Morgan fingerprint density at radius 1 is 1.28 bits per heavy atom. The number of benzene rings is 1. The van der Waals surface area contributed by atoms with Crippen LogP contribution in [0.25, 0.3) is 0 Å². The number of pyridine rings is 1. The molecule has 18 heavy (non-hydrogen) atoms. The van der Waals surface area contributed by atoms with Gasteiger partial charge < -0.3 is 10.4 Å². The summed E-state index contributed by atoms with van der Waals surface area (Å²) < 4.78 is 0. The molecule has 0 saturated heterocycles. The molecule has 0 fully saturated rings. The number of hydrogen-bond donors (Lipinski definition) is 2. The molecule has 0 amide bonds. The fourth-order valence-corrected chi connectivity index (χ4v) is 1.59. The van der Waals surface area contributed by atoms with Crippen LogP contribution in [0.4, 0.5) is 5.82 Å². The van der Waals surface area contributed by atoms with Crippen LogP contribution in [0.5, 0.6) is 0 Å². The summed E-state index contributed by atoms with van der Waals surface area (Å²) in [4.78, 5) is 4.08. The molecule has 1 aromatic heterocycles. The highest BCUT2D eigenvalue weighted by Gasteiger charge is 2.06. The third-order valence-electron chi connectivity index (χ3n) is 2.55. The van der Waals surface area contributed by atoms with Crippen molar-refractivity contribution < 1.29 is 5.11 Å². The van der Waals surface area contributed by atoms with Gasteiger partial charge in [-0.1, -0.05) is 30.3 Å². The number of nitrogens with zero attached hydrogens (tertiary/aromatic N) is 2. The number of nitrogens with one attached hydrogen (secondary N) is 1. The van der Waals surface area contributed by atoms with E-state index >= 15 is 0 Å². The van der Waals surface area contributed by atoms with Gasteiger partial charge >= 0.3 is 0 Å². The summed E-state index contributed by atoms with van der Waals surface area (Å²) in [5.74, 6) is 0.587. The van der Waals surface area contributed by atoms with Crippen LogP contribution < -0.4 is 5.32 Å². The molecule has 1 atom stereocenters. The standard InChI is InChI=1S/C14H13N3O/c15-9-11-6-7-16-14(8-11)17-10-13(18)12-4-2-1-3-5-12/h1-8,13,18H,10H2,(H,16,17). The van der Waals surface area contributed by atoms with E-state index in [4.69, 9.17) is 5.26 Å². The molecule has 4 nitrogen and oxygen atoms in total. The molecule has 0 saturated carbocycles. The van der Waals surface area contributed by atoms with E-state index in [2.05, 4.69) is 10.3 Å². The number of aromatic nitrogens is 1. The largest absolute Gasteiger partial charge is 0.387 e. The van der Waals surface area contributed by atoms with E-state index in [1.807, 2.05) is 36.4 Å². The van der Waals surface area contributed by atoms with Crippen molar-refractivity contribution in [1.29, 1.82) is 5.26 Å². The third kappa shape index (κ3) is 3.06. The van der Waals surface area contributed by atoms with E-state index in [0.717, 1.165) is 5.56 Å². The molecule has 2 aromatic rings. The predicted molar refractivity (Wildman–Crippen MR) is 68.8 cm³/mol. The van der Waals surface area contributed by atoms with Gasteiger partial charge in [0, 0.05) is 12.7 Å². The van der Waals surface area contributed by atoms with Crippen molar-refractivity contribution in [3.05, 3.63) is 59.8 Å². The van der Waals surface area contributed by atoms with Gasteiger partial charge in [-0.25, -0.2) is 4.98 Å². The summed E-state index contributed by atoms with van der Waals surface area (Å²) in [6.45, 7) is 0.353. The lowest BCUT2D eigenvalue weighted by Gasteiger charge is -2.12. The Morgan fingerprint density at radius 2 is 2.06 bits per heavy atom. The number of aliphatic hydroxyl groups excluding tert-OH is 1. The lowest BCUT2D eigenvalue weighted by molar-refractivity contribution is 0.191. The van der Waals surface area contributed by atoms with Crippen molar-refractivity contribution in [2.24, 2.45) is 0 Å². The van der Waals surface area contributed by atoms with Crippen LogP contribution in [0.2, 0.25) is 0 Å². The van der Waals surface area contributed by atoms with Gasteiger partial charge in [-0.15, -0.1) is 0 Å². The number of aliphatic hydroxyl groups is 1. The second-order valence-corrected chi connectivity index (χ2v) is 3.85. The smallest absolute Gasteiger partial charge is 0.127 e. The molecule has 2 rings (SSSR count). The molecule has 0 bridgehead atoms. The summed E-state index contributed by atoms with van der Waals surface area (Å²) in [7, 11) is 0. The van der Waals surface area contributed by atoms with E-state index in [9.17, 15) is 5.11 Å². The van der Waals surface area contributed by atoms with E-state index in [-0.39, 0.29) is 0 Å². The molecule has 90 valence electrons. The van der Waals surface area contributed by atoms with Gasteiger partial charge in [0.2, 0.25) is 0 Å². The maximum Gasteiger partial charge on any atom is 0.127 e. The van der Waals surface area contributed by atoms with Crippen LogP contribution >= 0.6 is 0 Å². The zero-order chi connectivity index (χ0) is 12.8. The second kappa shape index (κ2) is 5.80. The number of anilines is 1. The molecule has 0 aliphatic carbocycles. The van der Waals surface area contributed by atoms with Crippen molar-refractivity contribution >= 4 is 5.82 Å². The Balaban J connectivity index is 1.97. The zero-order valence-corrected chi connectivity index (χ0v) is 9.74. The molecule has 1 aromatic carbocycles. The normalized spacial score (nSPS) is 11.6.